The molecule has 5 nitrogen and oxygen atoms in total. The molecule has 1 saturated heterocycles. The van der Waals surface area contributed by atoms with Crippen molar-refractivity contribution in [2.24, 2.45) is 0 Å². The van der Waals surface area contributed by atoms with Crippen LogP contribution in [0.3, 0.4) is 0 Å². The number of rotatable bonds is 4. The molecule has 2 atom stereocenters. The maximum atomic E-state index is 11.6. The van der Waals surface area contributed by atoms with Gasteiger partial charge in [-0.15, -0.1) is 0 Å². The Hall–Kier alpha value is -1.10. The fourth-order valence-electron chi connectivity index (χ4n) is 1.99. The van der Waals surface area contributed by atoms with Gasteiger partial charge in [0.05, 0.1) is 13.2 Å². The van der Waals surface area contributed by atoms with Crippen molar-refractivity contribution in [2.75, 3.05) is 20.3 Å². The summed E-state index contributed by atoms with van der Waals surface area (Å²) in [5, 5.41) is 0. The molecule has 0 radical (unpaired) electrons. The highest BCUT2D eigenvalue weighted by Gasteiger charge is 2.40. The van der Waals surface area contributed by atoms with Crippen molar-refractivity contribution >= 4 is 11.9 Å². The average molecular weight is 229 g/mol. The first-order valence-electron chi connectivity index (χ1n) is 5.67. The molecule has 92 valence electrons. The second-order valence-corrected chi connectivity index (χ2v) is 3.78. The molecule has 1 fully saturated rings. The summed E-state index contributed by atoms with van der Waals surface area (Å²) in [7, 11) is 1.76. The highest BCUT2D eigenvalue weighted by atomic mass is 16.5. The van der Waals surface area contributed by atoms with E-state index in [0.29, 0.717) is 26.1 Å². The summed E-state index contributed by atoms with van der Waals surface area (Å²) in [5.74, 6) is -0.506. The smallest absolute Gasteiger partial charge is 0.323 e. The van der Waals surface area contributed by atoms with Crippen LogP contribution in [0.15, 0.2) is 0 Å². The first-order valence-corrected chi connectivity index (χ1v) is 5.67. The lowest BCUT2D eigenvalue weighted by Crippen LogP contribution is -2.42. The molecule has 0 saturated carbocycles. The molecule has 1 rings (SSSR count). The topological polar surface area (TPSA) is 55.8 Å². The van der Waals surface area contributed by atoms with Gasteiger partial charge in [-0.2, -0.15) is 0 Å². The highest BCUT2D eigenvalue weighted by Crippen LogP contribution is 2.24. The Labute approximate surface area is 95.7 Å². The van der Waals surface area contributed by atoms with E-state index in [0.717, 1.165) is 0 Å². The summed E-state index contributed by atoms with van der Waals surface area (Å²) >= 11 is 0. The minimum absolute atomic E-state index is 0.253. The zero-order chi connectivity index (χ0) is 12.1. The van der Waals surface area contributed by atoms with Gasteiger partial charge in [0, 0.05) is 0 Å². The predicted octanol–water partition coefficient (Wildman–Crippen LogP) is 0.575. The number of hydrogen-bond acceptors (Lipinski definition) is 5. The number of nitrogens with zero attached hydrogens (tertiary/aromatic N) is 1. The van der Waals surface area contributed by atoms with Crippen molar-refractivity contribution < 1.29 is 19.1 Å². The summed E-state index contributed by atoms with van der Waals surface area (Å²) in [6, 6.07) is -0.622. The van der Waals surface area contributed by atoms with Gasteiger partial charge in [0.15, 0.2) is 0 Å². The van der Waals surface area contributed by atoms with Crippen LogP contribution in [-0.4, -0.2) is 49.2 Å². The van der Waals surface area contributed by atoms with E-state index in [9.17, 15) is 9.59 Å². The lowest BCUT2D eigenvalue weighted by molar-refractivity contribution is -0.152. The van der Waals surface area contributed by atoms with E-state index in [1.807, 2.05) is 0 Å². The van der Waals surface area contributed by atoms with Crippen LogP contribution in [0.2, 0.25) is 0 Å². The van der Waals surface area contributed by atoms with Gasteiger partial charge in [-0.3, -0.25) is 14.5 Å². The van der Waals surface area contributed by atoms with E-state index in [2.05, 4.69) is 0 Å². The zero-order valence-electron chi connectivity index (χ0n) is 10.1. The monoisotopic (exact) mass is 229 g/mol. The Kier molecular flexibility index (Phi) is 4.73. The van der Waals surface area contributed by atoms with Crippen molar-refractivity contribution in [1.29, 1.82) is 0 Å². The standard InChI is InChI=1S/C11H19NO4/c1-4-15-10(13)8-6-7-9(12(8)3)11(14)16-5-2/h8-9H,4-7H2,1-3H3/t8-,9-/m0/s1. The van der Waals surface area contributed by atoms with Crippen LogP contribution >= 0.6 is 0 Å². The maximum Gasteiger partial charge on any atom is 0.323 e. The Morgan fingerprint density at radius 2 is 1.44 bits per heavy atom. The third-order valence-electron chi connectivity index (χ3n) is 2.81. The van der Waals surface area contributed by atoms with Gasteiger partial charge in [-0.25, -0.2) is 0 Å². The SMILES string of the molecule is CCOC(=O)[C@@H]1CC[C@@H](C(=O)OCC)N1C. The predicted molar refractivity (Wildman–Crippen MR) is 57.8 cm³/mol. The second-order valence-electron chi connectivity index (χ2n) is 3.78. The second kappa shape index (κ2) is 5.84. The van der Waals surface area contributed by atoms with E-state index in [-0.39, 0.29) is 24.0 Å². The molecule has 0 spiro atoms. The first kappa shape index (κ1) is 13.0. The van der Waals surface area contributed by atoms with Crippen molar-refractivity contribution in [3.63, 3.8) is 0 Å². The Balaban J connectivity index is 2.56. The molecule has 0 N–H and O–H groups in total. The van der Waals surface area contributed by atoms with E-state index in [1.54, 1.807) is 25.8 Å². The van der Waals surface area contributed by atoms with Gasteiger partial charge in [-0.1, -0.05) is 0 Å². The quantitative estimate of drug-likeness (QED) is 0.660. The zero-order valence-corrected chi connectivity index (χ0v) is 10.1. The molecule has 0 aromatic rings. The fraction of sp³-hybridized carbons (Fsp3) is 0.818. The number of hydrogen-bond donors (Lipinski definition) is 0. The van der Waals surface area contributed by atoms with Crippen molar-refractivity contribution in [2.45, 2.75) is 38.8 Å². The van der Waals surface area contributed by atoms with Gasteiger partial charge in [0.25, 0.3) is 0 Å². The lowest BCUT2D eigenvalue weighted by atomic mass is 10.2. The minimum atomic E-state index is -0.311. The largest absolute Gasteiger partial charge is 0.465 e. The molecule has 0 unspecified atom stereocenters. The molecule has 0 amide bonds. The van der Waals surface area contributed by atoms with Crippen LogP contribution in [-0.2, 0) is 19.1 Å². The van der Waals surface area contributed by atoms with Crippen LogP contribution in [0, 0.1) is 0 Å². The molecular formula is C11H19NO4. The highest BCUT2D eigenvalue weighted by molar-refractivity contribution is 5.81. The molecule has 1 aliphatic rings. The van der Waals surface area contributed by atoms with Crippen molar-refractivity contribution in [1.82, 2.24) is 4.90 Å². The molecule has 16 heavy (non-hydrogen) atoms. The number of carbonyl (C=O) groups excluding carboxylic acids is 2. The molecule has 0 aliphatic carbocycles. The molecule has 0 bridgehead atoms. The number of likely N-dealkylation sites (N-methyl/N-ethyl adjacent to an activating group) is 1. The molecule has 1 aliphatic heterocycles. The number of ether oxygens (including phenoxy) is 2. The summed E-state index contributed by atoms with van der Waals surface area (Å²) in [4.78, 5) is 24.9. The fourth-order valence-corrected chi connectivity index (χ4v) is 1.99. The van der Waals surface area contributed by atoms with Gasteiger partial charge in [0.1, 0.15) is 12.1 Å². The van der Waals surface area contributed by atoms with E-state index < -0.39 is 0 Å². The van der Waals surface area contributed by atoms with Crippen LogP contribution < -0.4 is 0 Å². The summed E-state index contributed by atoms with van der Waals surface area (Å²) in [6.45, 7) is 4.28. The molecule has 1 heterocycles. The Morgan fingerprint density at radius 1 is 1.06 bits per heavy atom. The van der Waals surface area contributed by atoms with E-state index in [1.165, 1.54) is 0 Å². The number of esters is 2. The third kappa shape index (κ3) is 2.72. The van der Waals surface area contributed by atoms with Crippen LogP contribution in [0.4, 0.5) is 0 Å². The molecule has 0 aromatic heterocycles. The minimum Gasteiger partial charge on any atom is -0.465 e. The normalized spacial score (nSPS) is 25.4. The van der Waals surface area contributed by atoms with Crippen LogP contribution in [0.5, 0.6) is 0 Å². The molecular weight excluding hydrogens is 210 g/mol. The summed E-state index contributed by atoms with van der Waals surface area (Å²) < 4.78 is 9.90. The van der Waals surface area contributed by atoms with E-state index >= 15 is 0 Å². The Bertz CT molecular complexity index is 241. The third-order valence-corrected chi connectivity index (χ3v) is 2.81. The molecule has 5 heteroatoms. The first-order chi connectivity index (χ1) is 7.61. The Morgan fingerprint density at radius 3 is 1.75 bits per heavy atom. The van der Waals surface area contributed by atoms with Gasteiger partial charge in [-0.05, 0) is 33.7 Å². The molecule has 0 aromatic carbocycles. The van der Waals surface area contributed by atoms with Gasteiger partial charge >= 0.3 is 11.9 Å². The summed E-state index contributed by atoms with van der Waals surface area (Å²) in [6.07, 6.45) is 1.30. The van der Waals surface area contributed by atoms with Crippen LogP contribution in [0.25, 0.3) is 0 Å². The van der Waals surface area contributed by atoms with Crippen molar-refractivity contribution in [3.05, 3.63) is 0 Å². The van der Waals surface area contributed by atoms with Crippen molar-refractivity contribution in [3.8, 4) is 0 Å². The number of carbonyl (C=O) groups is 2. The average Bonchev–Trinajstić information content (AvgIpc) is 2.61. The van der Waals surface area contributed by atoms with Crippen LogP contribution in [0.1, 0.15) is 26.7 Å². The van der Waals surface area contributed by atoms with E-state index in [4.69, 9.17) is 9.47 Å². The van der Waals surface area contributed by atoms with Gasteiger partial charge in [0.2, 0.25) is 0 Å². The lowest BCUT2D eigenvalue weighted by Gasteiger charge is -2.22. The van der Waals surface area contributed by atoms with Gasteiger partial charge < -0.3 is 9.47 Å². The number of likely N-dealkylation sites (tertiary alicyclic amines) is 1. The maximum absolute atomic E-state index is 11.6. The summed E-state index contributed by atoms with van der Waals surface area (Å²) in [5.41, 5.74) is 0.